The number of hydrogen-bond acceptors (Lipinski definition) is 4. The summed E-state index contributed by atoms with van der Waals surface area (Å²) >= 11 is 2.00. The van der Waals surface area contributed by atoms with Gasteiger partial charge in [0.2, 0.25) is 0 Å². The maximum absolute atomic E-state index is 9.36. The first-order valence-electron chi connectivity index (χ1n) is 6.80. The Morgan fingerprint density at radius 2 is 2.37 bits per heavy atom. The van der Waals surface area contributed by atoms with Crippen molar-refractivity contribution in [3.8, 4) is 6.07 Å². The van der Waals surface area contributed by atoms with Crippen LogP contribution in [0.4, 0.5) is 5.69 Å². The van der Waals surface area contributed by atoms with Crippen molar-refractivity contribution in [2.45, 2.75) is 25.9 Å². The Balaban J connectivity index is 2.18. The van der Waals surface area contributed by atoms with Gasteiger partial charge in [-0.3, -0.25) is 0 Å². The molecule has 0 radical (unpaired) electrons. The van der Waals surface area contributed by atoms with Gasteiger partial charge in [-0.15, -0.1) is 0 Å². The van der Waals surface area contributed by atoms with Crippen molar-refractivity contribution >= 4 is 17.4 Å². The zero-order valence-electron chi connectivity index (χ0n) is 11.6. The van der Waals surface area contributed by atoms with E-state index >= 15 is 0 Å². The predicted molar refractivity (Wildman–Crippen MR) is 82.7 cm³/mol. The third-order valence-electron chi connectivity index (χ3n) is 3.59. The summed E-state index contributed by atoms with van der Waals surface area (Å²) in [6, 6.07) is 9.13. The minimum absolute atomic E-state index is 0.566. The van der Waals surface area contributed by atoms with Gasteiger partial charge in [-0.1, -0.05) is 13.0 Å². The lowest BCUT2D eigenvalue weighted by Gasteiger charge is -2.27. The summed E-state index contributed by atoms with van der Waals surface area (Å²) in [5, 5.41) is 12.7. The van der Waals surface area contributed by atoms with Crippen molar-refractivity contribution in [1.29, 1.82) is 5.26 Å². The number of nitrogens with zero attached hydrogens (tertiary/aromatic N) is 2. The Morgan fingerprint density at radius 3 is 3.00 bits per heavy atom. The summed E-state index contributed by atoms with van der Waals surface area (Å²) in [5.41, 5.74) is 3.03. The van der Waals surface area contributed by atoms with E-state index < -0.39 is 0 Å². The number of anilines is 1. The summed E-state index contributed by atoms with van der Waals surface area (Å²) in [6.45, 7) is 3.86. The number of nitrogens with one attached hydrogen (secondary N) is 1. The molecule has 0 aliphatic carbocycles. The zero-order valence-corrected chi connectivity index (χ0v) is 12.5. The van der Waals surface area contributed by atoms with E-state index in [2.05, 4.69) is 42.4 Å². The van der Waals surface area contributed by atoms with E-state index in [9.17, 15) is 5.26 Å². The molecule has 1 aromatic carbocycles. The van der Waals surface area contributed by atoms with E-state index in [0.29, 0.717) is 6.04 Å². The Kier molecular flexibility index (Phi) is 5.12. The number of hydrogen-bond donors (Lipinski definition) is 1. The Morgan fingerprint density at radius 1 is 1.53 bits per heavy atom. The van der Waals surface area contributed by atoms with E-state index in [1.54, 1.807) is 0 Å². The quantitative estimate of drug-likeness (QED) is 0.896. The van der Waals surface area contributed by atoms with Crippen LogP contribution in [0.1, 0.15) is 24.5 Å². The van der Waals surface area contributed by atoms with Crippen molar-refractivity contribution in [2.75, 3.05) is 30.0 Å². The Hall–Kier alpha value is -1.18. The molecule has 0 spiro atoms. The van der Waals surface area contributed by atoms with Gasteiger partial charge in [0.1, 0.15) is 6.07 Å². The molecule has 1 heterocycles. The van der Waals surface area contributed by atoms with Gasteiger partial charge in [-0.25, -0.2) is 0 Å². The van der Waals surface area contributed by atoms with Crippen molar-refractivity contribution in [3.05, 3.63) is 29.3 Å². The molecule has 19 heavy (non-hydrogen) atoms. The smallest absolute Gasteiger partial charge is 0.101 e. The van der Waals surface area contributed by atoms with Crippen LogP contribution in [0, 0.1) is 11.3 Å². The number of nitriles is 1. The van der Waals surface area contributed by atoms with Gasteiger partial charge >= 0.3 is 0 Å². The molecule has 102 valence electrons. The van der Waals surface area contributed by atoms with Gasteiger partial charge in [0.25, 0.3) is 0 Å². The molecular weight excluding hydrogens is 254 g/mol. The normalized spacial score (nSPS) is 18.3. The fourth-order valence-electron chi connectivity index (χ4n) is 2.38. The molecule has 1 N–H and O–H groups in total. The van der Waals surface area contributed by atoms with Gasteiger partial charge in [0.05, 0.1) is 11.3 Å². The van der Waals surface area contributed by atoms with E-state index in [-0.39, 0.29) is 0 Å². The van der Waals surface area contributed by atoms with Crippen LogP contribution in [0.15, 0.2) is 18.2 Å². The number of benzene rings is 1. The van der Waals surface area contributed by atoms with Crippen LogP contribution < -0.4 is 10.2 Å². The van der Waals surface area contributed by atoms with Crippen LogP contribution in [0.2, 0.25) is 0 Å². The molecule has 1 aliphatic rings. The van der Waals surface area contributed by atoms with Crippen molar-refractivity contribution in [2.24, 2.45) is 0 Å². The summed E-state index contributed by atoms with van der Waals surface area (Å²) in [6.07, 6.45) is 1.21. The molecule has 0 aromatic heterocycles. The molecule has 0 saturated carbocycles. The lowest BCUT2D eigenvalue weighted by atomic mass is 10.1. The SMILES string of the molecule is CCNCc1ccc(N(C)C2CCSC2)c(C#N)c1. The first-order chi connectivity index (χ1) is 9.26. The standard InChI is InChI=1S/C15H21N3S/c1-3-17-10-12-4-5-15(13(8-12)9-16)18(2)14-6-7-19-11-14/h4-5,8,14,17H,3,6-7,10-11H2,1-2H3. The molecule has 0 bridgehead atoms. The van der Waals surface area contributed by atoms with Gasteiger partial charge < -0.3 is 10.2 Å². The van der Waals surface area contributed by atoms with Crippen LogP contribution in [-0.2, 0) is 6.54 Å². The maximum atomic E-state index is 9.36. The Bertz CT molecular complexity index is 461. The van der Waals surface area contributed by atoms with E-state index in [4.69, 9.17) is 0 Å². The van der Waals surface area contributed by atoms with Crippen LogP contribution in [0.25, 0.3) is 0 Å². The van der Waals surface area contributed by atoms with Crippen LogP contribution in [-0.4, -0.2) is 31.1 Å². The third-order valence-corrected chi connectivity index (χ3v) is 4.74. The minimum Gasteiger partial charge on any atom is -0.370 e. The van der Waals surface area contributed by atoms with E-state index in [1.165, 1.54) is 23.5 Å². The highest BCUT2D eigenvalue weighted by atomic mass is 32.2. The summed E-state index contributed by atoms with van der Waals surface area (Å²) in [4.78, 5) is 2.27. The summed E-state index contributed by atoms with van der Waals surface area (Å²) < 4.78 is 0. The first-order valence-corrected chi connectivity index (χ1v) is 7.96. The fourth-order valence-corrected chi connectivity index (χ4v) is 3.65. The van der Waals surface area contributed by atoms with Crippen LogP contribution in [0.3, 0.4) is 0 Å². The molecule has 1 fully saturated rings. The zero-order chi connectivity index (χ0) is 13.7. The van der Waals surface area contributed by atoms with Crippen molar-refractivity contribution in [3.63, 3.8) is 0 Å². The molecule has 1 aromatic rings. The molecule has 3 nitrogen and oxygen atoms in total. The second-order valence-electron chi connectivity index (χ2n) is 4.87. The lowest BCUT2D eigenvalue weighted by Crippen LogP contribution is -2.31. The first kappa shape index (κ1) is 14.2. The molecule has 1 atom stereocenters. The summed E-state index contributed by atoms with van der Waals surface area (Å²) in [7, 11) is 2.11. The van der Waals surface area contributed by atoms with E-state index in [0.717, 1.165) is 24.3 Å². The van der Waals surface area contributed by atoms with Crippen molar-refractivity contribution < 1.29 is 0 Å². The van der Waals surface area contributed by atoms with Gasteiger partial charge in [-0.2, -0.15) is 17.0 Å². The largest absolute Gasteiger partial charge is 0.370 e. The maximum Gasteiger partial charge on any atom is 0.101 e. The number of thioether (sulfide) groups is 1. The third kappa shape index (κ3) is 3.43. The highest BCUT2D eigenvalue weighted by Gasteiger charge is 2.22. The van der Waals surface area contributed by atoms with Gasteiger partial charge in [0.15, 0.2) is 0 Å². The molecule has 2 rings (SSSR count). The molecular formula is C15H21N3S. The molecule has 1 aliphatic heterocycles. The topological polar surface area (TPSA) is 39.1 Å². The average Bonchev–Trinajstić information content (AvgIpc) is 2.98. The molecule has 0 amide bonds. The van der Waals surface area contributed by atoms with E-state index in [1.807, 2.05) is 17.8 Å². The number of rotatable bonds is 5. The second kappa shape index (κ2) is 6.83. The minimum atomic E-state index is 0.566. The van der Waals surface area contributed by atoms with Gasteiger partial charge in [-0.05, 0) is 36.4 Å². The average molecular weight is 275 g/mol. The lowest BCUT2D eigenvalue weighted by molar-refractivity contribution is 0.698. The highest BCUT2D eigenvalue weighted by molar-refractivity contribution is 7.99. The van der Waals surface area contributed by atoms with Crippen LogP contribution >= 0.6 is 11.8 Å². The predicted octanol–water partition coefficient (Wildman–Crippen LogP) is 2.61. The van der Waals surface area contributed by atoms with Crippen LogP contribution in [0.5, 0.6) is 0 Å². The fraction of sp³-hybridized carbons (Fsp3) is 0.533. The van der Waals surface area contributed by atoms with Gasteiger partial charge in [0, 0.05) is 25.4 Å². The second-order valence-corrected chi connectivity index (χ2v) is 6.02. The van der Waals surface area contributed by atoms with Crippen molar-refractivity contribution in [1.82, 2.24) is 5.32 Å². The summed E-state index contributed by atoms with van der Waals surface area (Å²) in [5.74, 6) is 2.40. The molecule has 1 unspecified atom stereocenters. The molecule has 1 saturated heterocycles. The highest BCUT2D eigenvalue weighted by Crippen LogP contribution is 2.28. The Labute approximate surface area is 120 Å². The monoisotopic (exact) mass is 275 g/mol. The molecule has 4 heteroatoms.